The van der Waals surface area contributed by atoms with Gasteiger partial charge in [0.15, 0.2) is 0 Å². The average molecular weight is 253 g/mol. The number of anilines is 1. The third-order valence-corrected chi connectivity index (χ3v) is 3.84. The molecule has 1 saturated carbocycles. The van der Waals surface area contributed by atoms with Gasteiger partial charge in [-0.2, -0.15) is 4.37 Å². The highest BCUT2D eigenvalue weighted by atomic mass is 32.1. The summed E-state index contributed by atoms with van der Waals surface area (Å²) in [5.74, 6) is 1.89. The molecule has 0 radical (unpaired) electrons. The van der Waals surface area contributed by atoms with Crippen LogP contribution in [0.4, 0.5) is 5.13 Å². The van der Waals surface area contributed by atoms with Gasteiger partial charge in [-0.15, -0.1) is 0 Å². The number of nitrogens with two attached hydrogens (primary N) is 1. The van der Waals surface area contributed by atoms with E-state index in [0.29, 0.717) is 5.92 Å². The summed E-state index contributed by atoms with van der Waals surface area (Å²) < 4.78 is 4.40. The number of rotatable bonds is 6. The highest BCUT2D eigenvalue weighted by Gasteiger charge is 2.28. The van der Waals surface area contributed by atoms with Crippen molar-refractivity contribution in [1.29, 1.82) is 5.41 Å². The fourth-order valence-electron chi connectivity index (χ4n) is 1.63. The summed E-state index contributed by atoms with van der Waals surface area (Å²) in [6, 6.07) is 0. The van der Waals surface area contributed by atoms with Crippen LogP contribution in [0.2, 0.25) is 0 Å². The van der Waals surface area contributed by atoms with Gasteiger partial charge in [-0.3, -0.25) is 5.41 Å². The monoisotopic (exact) mass is 253 g/mol. The molecule has 1 atom stereocenters. The van der Waals surface area contributed by atoms with E-state index in [1.54, 1.807) is 0 Å². The Hall–Kier alpha value is -1.17. The molecule has 0 saturated heterocycles. The van der Waals surface area contributed by atoms with E-state index in [0.717, 1.165) is 24.0 Å². The van der Waals surface area contributed by atoms with Crippen molar-refractivity contribution in [2.45, 2.75) is 32.6 Å². The third kappa shape index (κ3) is 2.94. The van der Waals surface area contributed by atoms with Crippen molar-refractivity contribution in [1.82, 2.24) is 9.36 Å². The molecular weight excluding hydrogens is 234 g/mol. The Balaban J connectivity index is 2.02. The first-order valence-electron chi connectivity index (χ1n) is 6.04. The predicted octanol–water partition coefficient (Wildman–Crippen LogP) is 1.81. The highest BCUT2D eigenvalue weighted by molar-refractivity contribution is 7.09. The molecular formula is C11H19N5S. The first-order chi connectivity index (χ1) is 8.11. The molecule has 0 aromatic carbocycles. The molecule has 0 aliphatic heterocycles. The Labute approximate surface area is 106 Å². The Morgan fingerprint density at radius 1 is 1.65 bits per heavy atom. The van der Waals surface area contributed by atoms with E-state index >= 15 is 0 Å². The van der Waals surface area contributed by atoms with E-state index in [1.165, 1.54) is 24.4 Å². The Morgan fingerprint density at radius 2 is 2.35 bits per heavy atom. The number of amidine groups is 1. The first-order valence-corrected chi connectivity index (χ1v) is 6.81. The Bertz CT molecular complexity index is 398. The van der Waals surface area contributed by atoms with E-state index < -0.39 is 0 Å². The quantitative estimate of drug-likeness (QED) is 0.598. The molecule has 0 bridgehead atoms. The lowest BCUT2D eigenvalue weighted by Gasteiger charge is -2.22. The van der Waals surface area contributed by atoms with Crippen LogP contribution < -0.4 is 10.6 Å². The molecule has 0 spiro atoms. The van der Waals surface area contributed by atoms with E-state index in [-0.39, 0.29) is 11.8 Å². The van der Waals surface area contributed by atoms with E-state index in [1.807, 2.05) is 6.92 Å². The van der Waals surface area contributed by atoms with Crippen LogP contribution in [0.3, 0.4) is 0 Å². The average Bonchev–Trinajstić information content (AvgIpc) is 3.04. The molecule has 1 unspecified atom stereocenters. The van der Waals surface area contributed by atoms with Gasteiger partial charge in [0, 0.05) is 36.5 Å². The second kappa shape index (κ2) is 5.00. The molecule has 94 valence electrons. The second-order valence-corrected chi connectivity index (χ2v) is 5.33. The normalized spacial score (nSPS) is 16.8. The SMILES string of the molecule is CCN(CC(C)C(=N)N)c1nc(C2CC2)ns1. The zero-order chi connectivity index (χ0) is 12.4. The zero-order valence-electron chi connectivity index (χ0n) is 10.3. The smallest absolute Gasteiger partial charge is 0.205 e. The number of hydrogen-bond donors (Lipinski definition) is 2. The fourth-order valence-corrected chi connectivity index (χ4v) is 2.45. The van der Waals surface area contributed by atoms with Crippen LogP contribution in [-0.2, 0) is 0 Å². The maximum atomic E-state index is 7.43. The van der Waals surface area contributed by atoms with Gasteiger partial charge in [-0.05, 0) is 19.8 Å². The van der Waals surface area contributed by atoms with Gasteiger partial charge >= 0.3 is 0 Å². The van der Waals surface area contributed by atoms with Gasteiger partial charge in [0.1, 0.15) is 5.82 Å². The molecule has 1 heterocycles. The van der Waals surface area contributed by atoms with Crippen LogP contribution in [0.15, 0.2) is 0 Å². The van der Waals surface area contributed by atoms with Crippen molar-refractivity contribution in [2.75, 3.05) is 18.0 Å². The van der Waals surface area contributed by atoms with E-state index in [4.69, 9.17) is 11.1 Å². The summed E-state index contributed by atoms with van der Waals surface area (Å²) in [6.45, 7) is 5.67. The molecule has 1 aliphatic carbocycles. The van der Waals surface area contributed by atoms with Crippen molar-refractivity contribution in [3.8, 4) is 0 Å². The molecule has 1 aromatic rings. The summed E-state index contributed by atoms with van der Waals surface area (Å²) in [5, 5.41) is 8.39. The molecule has 1 aromatic heterocycles. The number of aromatic nitrogens is 2. The number of nitrogens with one attached hydrogen (secondary N) is 1. The van der Waals surface area contributed by atoms with Crippen LogP contribution in [0, 0.1) is 11.3 Å². The van der Waals surface area contributed by atoms with Crippen molar-refractivity contribution in [3.63, 3.8) is 0 Å². The minimum absolute atomic E-state index is 0.0585. The molecule has 1 aliphatic rings. The number of nitrogens with zero attached hydrogens (tertiary/aromatic N) is 3. The largest absolute Gasteiger partial charge is 0.387 e. The topological polar surface area (TPSA) is 78.9 Å². The molecule has 2 rings (SSSR count). The predicted molar refractivity (Wildman–Crippen MR) is 70.8 cm³/mol. The lowest BCUT2D eigenvalue weighted by Crippen LogP contribution is -2.34. The number of hydrogen-bond acceptors (Lipinski definition) is 5. The zero-order valence-corrected chi connectivity index (χ0v) is 11.1. The summed E-state index contributed by atoms with van der Waals surface area (Å²) in [4.78, 5) is 6.73. The summed E-state index contributed by atoms with van der Waals surface area (Å²) in [7, 11) is 0. The summed E-state index contributed by atoms with van der Waals surface area (Å²) in [5.41, 5.74) is 5.50. The van der Waals surface area contributed by atoms with Crippen LogP contribution in [-0.4, -0.2) is 28.3 Å². The van der Waals surface area contributed by atoms with Crippen LogP contribution in [0.5, 0.6) is 0 Å². The van der Waals surface area contributed by atoms with Crippen molar-refractivity contribution >= 4 is 22.5 Å². The maximum absolute atomic E-state index is 7.43. The molecule has 1 fully saturated rings. The molecule has 6 heteroatoms. The Kier molecular flexibility index (Phi) is 3.61. The van der Waals surface area contributed by atoms with Crippen LogP contribution in [0.25, 0.3) is 0 Å². The minimum Gasteiger partial charge on any atom is -0.387 e. The fraction of sp³-hybridized carbons (Fsp3) is 0.727. The van der Waals surface area contributed by atoms with Crippen molar-refractivity contribution < 1.29 is 0 Å². The third-order valence-electron chi connectivity index (χ3n) is 3.05. The van der Waals surface area contributed by atoms with Crippen molar-refractivity contribution in [3.05, 3.63) is 5.82 Å². The van der Waals surface area contributed by atoms with Gasteiger partial charge in [-0.25, -0.2) is 4.98 Å². The lowest BCUT2D eigenvalue weighted by molar-refractivity contribution is 0.694. The maximum Gasteiger partial charge on any atom is 0.205 e. The van der Waals surface area contributed by atoms with Gasteiger partial charge in [0.05, 0.1) is 5.84 Å². The summed E-state index contributed by atoms with van der Waals surface area (Å²) >= 11 is 1.46. The van der Waals surface area contributed by atoms with E-state index in [2.05, 4.69) is 21.2 Å². The lowest BCUT2D eigenvalue weighted by atomic mass is 10.1. The molecule has 3 N–H and O–H groups in total. The standard InChI is InChI=1S/C11H19N5S/c1-3-16(6-7(2)9(12)13)11-14-10(15-17-11)8-4-5-8/h7-8H,3-6H2,1-2H3,(H3,12,13). The van der Waals surface area contributed by atoms with E-state index in [9.17, 15) is 0 Å². The Morgan fingerprint density at radius 3 is 2.88 bits per heavy atom. The minimum atomic E-state index is 0.0585. The van der Waals surface area contributed by atoms with Crippen LogP contribution >= 0.6 is 11.5 Å². The molecule has 17 heavy (non-hydrogen) atoms. The first kappa shape index (κ1) is 12.3. The van der Waals surface area contributed by atoms with Crippen molar-refractivity contribution in [2.24, 2.45) is 11.7 Å². The highest BCUT2D eigenvalue weighted by Crippen LogP contribution is 2.39. The summed E-state index contributed by atoms with van der Waals surface area (Å²) in [6.07, 6.45) is 2.46. The van der Waals surface area contributed by atoms with Crippen LogP contribution in [0.1, 0.15) is 38.4 Å². The van der Waals surface area contributed by atoms with Gasteiger partial charge in [0.2, 0.25) is 5.13 Å². The van der Waals surface area contributed by atoms with Gasteiger partial charge in [0.25, 0.3) is 0 Å². The molecule has 0 amide bonds. The van der Waals surface area contributed by atoms with Gasteiger partial charge < -0.3 is 10.6 Å². The second-order valence-electron chi connectivity index (χ2n) is 4.60. The molecule has 5 nitrogen and oxygen atoms in total. The van der Waals surface area contributed by atoms with Gasteiger partial charge in [-0.1, -0.05) is 6.92 Å².